The molecule has 2 aromatic carbocycles. The van der Waals surface area contributed by atoms with Crippen LogP contribution in [0.1, 0.15) is 29.7 Å². The van der Waals surface area contributed by atoms with Gasteiger partial charge in [0.15, 0.2) is 0 Å². The molecule has 0 aliphatic carbocycles. The number of rotatable bonds is 4. The Morgan fingerprint density at radius 3 is 2.10 bits per heavy atom. The van der Waals surface area contributed by atoms with Crippen LogP contribution in [-0.4, -0.2) is 8.42 Å². The zero-order chi connectivity index (χ0) is 15.6. The van der Waals surface area contributed by atoms with Crippen molar-refractivity contribution in [1.29, 1.82) is 0 Å². The smallest absolute Gasteiger partial charge is 0.207 e. The fraction of sp³-hybridized carbons (Fsp3) is 0.250. The minimum Gasteiger partial charge on any atom is -0.207 e. The van der Waals surface area contributed by atoms with Gasteiger partial charge < -0.3 is 0 Å². The first-order chi connectivity index (χ1) is 9.81. The predicted molar refractivity (Wildman–Crippen MR) is 81.1 cm³/mol. The molecule has 0 heterocycles. The normalized spacial score (nSPS) is 13.1. The van der Waals surface area contributed by atoms with Crippen LogP contribution in [0.4, 0.5) is 4.39 Å². The first kappa shape index (κ1) is 15.7. The highest BCUT2D eigenvalue weighted by molar-refractivity contribution is 7.89. The molecule has 3 nitrogen and oxygen atoms in total. The Labute approximate surface area is 124 Å². The summed E-state index contributed by atoms with van der Waals surface area (Å²) in [6.07, 6.45) is 0. The van der Waals surface area contributed by atoms with Crippen molar-refractivity contribution < 1.29 is 12.8 Å². The van der Waals surface area contributed by atoms with Gasteiger partial charge in [0.25, 0.3) is 0 Å². The molecule has 5 heteroatoms. The molecule has 0 aliphatic rings. The largest absolute Gasteiger partial charge is 0.241 e. The van der Waals surface area contributed by atoms with Crippen LogP contribution in [0.5, 0.6) is 0 Å². The van der Waals surface area contributed by atoms with E-state index in [1.54, 1.807) is 20.8 Å². The lowest BCUT2D eigenvalue weighted by Gasteiger charge is -2.17. The van der Waals surface area contributed by atoms with Crippen molar-refractivity contribution in [2.45, 2.75) is 31.7 Å². The second kappa shape index (κ2) is 5.95. The van der Waals surface area contributed by atoms with E-state index in [9.17, 15) is 12.8 Å². The van der Waals surface area contributed by atoms with Crippen molar-refractivity contribution in [3.05, 3.63) is 65.0 Å². The summed E-state index contributed by atoms with van der Waals surface area (Å²) in [7, 11) is -3.70. The van der Waals surface area contributed by atoms with E-state index in [2.05, 4.69) is 4.72 Å². The summed E-state index contributed by atoms with van der Waals surface area (Å²) in [6, 6.07) is 11.4. The Hall–Kier alpha value is -1.72. The molecule has 2 aromatic rings. The van der Waals surface area contributed by atoms with Gasteiger partial charge in [-0.2, -0.15) is 0 Å². The van der Waals surface area contributed by atoms with E-state index in [0.29, 0.717) is 11.1 Å². The van der Waals surface area contributed by atoms with Gasteiger partial charge in [-0.1, -0.05) is 30.3 Å². The maximum absolute atomic E-state index is 13.3. The monoisotopic (exact) mass is 307 g/mol. The lowest BCUT2D eigenvalue weighted by Crippen LogP contribution is -2.28. The maximum Gasteiger partial charge on any atom is 0.241 e. The molecule has 21 heavy (non-hydrogen) atoms. The molecule has 0 spiro atoms. The van der Waals surface area contributed by atoms with Crippen LogP contribution in [-0.2, 0) is 10.0 Å². The summed E-state index contributed by atoms with van der Waals surface area (Å²) in [4.78, 5) is 0.145. The zero-order valence-electron chi connectivity index (χ0n) is 12.2. The SMILES string of the molecule is Cc1cc(F)cc(C)c1S(=O)(=O)NC(C)c1ccccc1. The zero-order valence-corrected chi connectivity index (χ0v) is 13.0. The summed E-state index contributed by atoms with van der Waals surface area (Å²) in [5.41, 5.74) is 1.68. The Morgan fingerprint density at radius 1 is 1.05 bits per heavy atom. The molecule has 0 radical (unpaired) electrons. The van der Waals surface area contributed by atoms with Crippen LogP contribution in [0.15, 0.2) is 47.4 Å². The van der Waals surface area contributed by atoms with E-state index in [1.165, 1.54) is 12.1 Å². The molecule has 1 unspecified atom stereocenters. The van der Waals surface area contributed by atoms with Gasteiger partial charge in [0.05, 0.1) is 4.90 Å². The van der Waals surface area contributed by atoms with Gasteiger partial charge in [-0.05, 0) is 49.6 Å². The summed E-state index contributed by atoms with van der Waals surface area (Å²) in [5.74, 6) is -0.431. The standard InChI is InChI=1S/C16H18FNO2S/c1-11-9-15(17)10-12(2)16(11)21(19,20)18-13(3)14-7-5-4-6-8-14/h4-10,13,18H,1-3H3. The Kier molecular flexibility index (Phi) is 4.44. The Morgan fingerprint density at radius 2 is 1.57 bits per heavy atom. The van der Waals surface area contributed by atoms with Crippen molar-refractivity contribution in [2.75, 3.05) is 0 Å². The van der Waals surface area contributed by atoms with Gasteiger partial charge in [0.2, 0.25) is 10.0 Å². The number of aryl methyl sites for hydroxylation is 2. The quantitative estimate of drug-likeness (QED) is 0.940. The second-order valence-electron chi connectivity index (χ2n) is 5.12. The summed E-state index contributed by atoms with van der Waals surface area (Å²) >= 11 is 0. The van der Waals surface area contributed by atoms with Crippen molar-refractivity contribution in [3.8, 4) is 0 Å². The number of benzene rings is 2. The number of halogens is 1. The molecule has 1 atom stereocenters. The van der Waals surface area contributed by atoms with Crippen LogP contribution in [0.2, 0.25) is 0 Å². The van der Waals surface area contributed by atoms with Crippen molar-refractivity contribution in [3.63, 3.8) is 0 Å². The Bertz CT molecular complexity index is 719. The fourth-order valence-corrected chi connectivity index (χ4v) is 4.11. The second-order valence-corrected chi connectivity index (χ2v) is 6.77. The summed E-state index contributed by atoms with van der Waals surface area (Å²) in [6.45, 7) is 4.97. The molecule has 2 rings (SSSR count). The molecule has 0 aliphatic heterocycles. The molecule has 0 amide bonds. The van der Waals surface area contributed by atoms with Crippen LogP contribution in [0.3, 0.4) is 0 Å². The molecule has 0 fully saturated rings. The van der Waals surface area contributed by atoms with Gasteiger partial charge in [0, 0.05) is 6.04 Å². The number of nitrogens with one attached hydrogen (secondary N) is 1. The van der Waals surface area contributed by atoms with E-state index in [0.717, 1.165) is 5.56 Å². The molecule has 0 saturated carbocycles. The summed E-state index contributed by atoms with van der Waals surface area (Å²) < 4.78 is 41.0. The number of hydrogen-bond acceptors (Lipinski definition) is 2. The Balaban J connectivity index is 2.36. The van der Waals surface area contributed by atoms with E-state index >= 15 is 0 Å². The highest BCUT2D eigenvalue weighted by atomic mass is 32.2. The van der Waals surface area contributed by atoms with E-state index < -0.39 is 15.8 Å². The third-order valence-corrected chi connectivity index (χ3v) is 5.17. The topological polar surface area (TPSA) is 46.2 Å². The molecule has 0 aromatic heterocycles. The third-order valence-electron chi connectivity index (χ3n) is 3.33. The predicted octanol–water partition coefficient (Wildman–Crippen LogP) is 3.48. The van der Waals surface area contributed by atoms with Crippen LogP contribution < -0.4 is 4.72 Å². The van der Waals surface area contributed by atoms with Gasteiger partial charge in [-0.3, -0.25) is 0 Å². The summed E-state index contributed by atoms with van der Waals surface area (Å²) in [5, 5.41) is 0. The third kappa shape index (κ3) is 3.49. The maximum atomic E-state index is 13.3. The van der Waals surface area contributed by atoms with Crippen LogP contribution in [0.25, 0.3) is 0 Å². The van der Waals surface area contributed by atoms with Gasteiger partial charge in [0.1, 0.15) is 5.82 Å². The van der Waals surface area contributed by atoms with Crippen molar-refractivity contribution >= 4 is 10.0 Å². The lowest BCUT2D eigenvalue weighted by molar-refractivity contribution is 0.564. The van der Waals surface area contributed by atoms with E-state index in [-0.39, 0.29) is 10.9 Å². The van der Waals surface area contributed by atoms with E-state index in [4.69, 9.17) is 0 Å². The van der Waals surface area contributed by atoms with Gasteiger partial charge in [-0.15, -0.1) is 0 Å². The first-order valence-electron chi connectivity index (χ1n) is 6.65. The minimum absolute atomic E-state index is 0.145. The van der Waals surface area contributed by atoms with Gasteiger partial charge >= 0.3 is 0 Å². The number of hydrogen-bond donors (Lipinski definition) is 1. The van der Waals surface area contributed by atoms with Crippen molar-refractivity contribution in [2.24, 2.45) is 0 Å². The van der Waals surface area contributed by atoms with E-state index in [1.807, 2.05) is 30.3 Å². The van der Waals surface area contributed by atoms with Crippen molar-refractivity contribution in [1.82, 2.24) is 4.72 Å². The minimum atomic E-state index is -3.70. The first-order valence-corrected chi connectivity index (χ1v) is 8.13. The fourth-order valence-electron chi connectivity index (χ4n) is 2.42. The highest BCUT2D eigenvalue weighted by Gasteiger charge is 2.22. The highest BCUT2D eigenvalue weighted by Crippen LogP contribution is 2.23. The van der Waals surface area contributed by atoms with Crippen LogP contribution >= 0.6 is 0 Å². The molecule has 112 valence electrons. The average Bonchev–Trinajstić information content (AvgIpc) is 2.37. The van der Waals surface area contributed by atoms with Crippen LogP contribution in [0, 0.1) is 19.7 Å². The number of sulfonamides is 1. The average molecular weight is 307 g/mol. The lowest BCUT2D eigenvalue weighted by atomic mass is 10.1. The molecule has 0 bridgehead atoms. The molecular formula is C16H18FNO2S. The molecule has 0 saturated heterocycles. The molecular weight excluding hydrogens is 289 g/mol. The molecule has 1 N–H and O–H groups in total. The van der Waals surface area contributed by atoms with Gasteiger partial charge in [-0.25, -0.2) is 17.5 Å².